The molecule has 31 heavy (non-hydrogen) atoms. The van der Waals surface area contributed by atoms with Crippen LogP contribution < -0.4 is 5.73 Å². The van der Waals surface area contributed by atoms with Crippen molar-refractivity contribution in [1.82, 2.24) is 19.4 Å². The molecule has 0 radical (unpaired) electrons. The molecule has 0 saturated carbocycles. The Hall–Kier alpha value is -3.51. The van der Waals surface area contributed by atoms with Gasteiger partial charge in [0.05, 0.1) is 23.1 Å². The van der Waals surface area contributed by atoms with Crippen molar-refractivity contribution in [3.63, 3.8) is 0 Å². The fourth-order valence-electron chi connectivity index (χ4n) is 4.46. The van der Waals surface area contributed by atoms with Crippen LogP contribution >= 0.6 is 0 Å². The number of nitrogens with zero attached hydrogens (tertiary/aromatic N) is 4. The fraction of sp³-hybridized carbons (Fsp3) is 0.240. The molecule has 4 aromatic rings. The summed E-state index contributed by atoms with van der Waals surface area (Å²) in [6.07, 6.45) is 4.87. The number of carbonyl (C=O) groups excluding carboxylic acids is 1. The van der Waals surface area contributed by atoms with Crippen molar-refractivity contribution in [3.05, 3.63) is 95.7 Å². The topological polar surface area (TPSA) is 77.0 Å². The first-order valence-corrected chi connectivity index (χ1v) is 10.6. The average Bonchev–Trinajstić information content (AvgIpc) is 3.44. The van der Waals surface area contributed by atoms with E-state index >= 15 is 0 Å². The van der Waals surface area contributed by atoms with Crippen LogP contribution in [0.4, 0.5) is 0 Å². The quantitative estimate of drug-likeness (QED) is 0.526. The zero-order valence-corrected chi connectivity index (χ0v) is 17.3. The lowest BCUT2D eigenvalue weighted by Crippen LogP contribution is -2.22. The largest absolute Gasteiger partial charge is 0.366 e. The van der Waals surface area contributed by atoms with Gasteiger partial charge in [-0.25, -0.2) is 4.98 Å². The summed E-state index contributed by atoms with van der Waals surface area (Å²) in [5.74, 6) is -0.118. The van der Waals surface area contributed by atoms with E-state index in [1.54, 1.807) is 0 Å². The molecule has 0 bridgehead atoms. The highest BCUT2D eigenvalue weighted by atomic mass is 16.1. The minimum absolute atomic E-state index is 0.285. The molecule has 1 atom stereocenters. The zero-order chi connectivity index (χ0) is 21.2. The van der Waals surface area contributed by atoms with E-state index in [1.807, 2.05) is 48.9 Å². The predicted molar refractivity (Wildman–Crippen MR) is 121 cm³/mol. The second kappa shape index (κ2) is 8.32. The molecule has 5 rings (SSSR count). The average molecular weight is 412 g/mol. The van der Waals surface area contributed by atoms with E-state index in [0.717, 1.165) is 49.2 Å². The third-order valence-electron chi connectivity index (χ3n) is 6.07. The Morgan fingerprint density at radius 2 is 1.87 bits per heavy atom. The number of para-hydroxylation sites is 1. The molecule has 1 unspecified atom stereocenters. The third-order valence-corrected chi connectivity index (χ3v) is 6.07. The predicted octanol–water partition coefficient (Wildman–Crippen LogP) is 3.57. The molecule has 156 valence electrons. The Kier molecular flexibility index (Phi) is 5.22. The van der Waals surface area contributed by atoms with Gasteiger partial charge in [0.1, 0.15) is 0 Å². The summed E-state index contributed by atoms with van der Waals surface area (Å²) in [5.41, 5.74) is 10.5. The smallest absolute Gasteiger partial charge is 0.249 e. The number of rotatable bonds is 6. The lowest BCUT2D eigenvalue weighted by atomic mass is 9.99. The molecule has 1 saturated heterocycles. The Balaban J connectivity index is 1.33. The van der Waals surface area contributed by atoms with Gasteiger partial charge in [-0.3, -0.25) is 14.7 Å². The third kappa shape index (κ3) is 4.07. The maximum absolute atomic E-state index is 12.0. The lowest BCUT2D eigenvalue weighted by Gasteiger charge is -2.18. The highest BCUT2D eigenvalue weighted by molar-refractivity contribution is 6.05. The number of benzene rings is 2. The van der Waals surface area contributed by atoms with Crippen LogP contribution in [0.1, 0.15) is 39.6 Å². The van der Waals surface area contributed by atoms with Gasteiger partial charge in [0.25, 0.3) is 0 Å². The van der Waals surface area contributed by atoms with Crippen molar-refractivity contribution in [2.45, 2.75) is 25.4 Å². The minimum Gasteiger partial charge on any atom is -0.366 e. The van der Waals surface area contributed by atoms with Crippen molar-refractivity contribution in [1.29, 1.82) is 0 Å². The van der Waals surface area contributed by atoms with Crippen LogP contribution in [0.5, 0.6) is 0 Å². The number of hydrogen-bond acceptors (Lipinski definition) is 4. The number of nitrogens with two attached hydrogens (primary N) is 1. The van der Waals surface area contributed by atoms with Gasteiger partial charge in [0.15, 0.2) is 0 Å². The van der Waals surface area contributed by atoms with E-state index in [4.69, 9.17) is 10.7 Å². The van der Waals surface area contributed by atoms with E-state index in [2.05, 4.69) is 38.7 Å². The molecule has 6 heteroatoms. The Morgan fingerprint density at radius 3 is 2.71 bits per heavy atom. The summed E-state index contributed by atoms with van der Waals surface area (Å²) in [4.78, 5) is 23.7. The van der Waals surface area contributed by atoms with Crippen LogP contribution in [0.3, 0.4) is 0 Å². The van der Waals surface area contributed by atoms with Gasteiger partial charge in [-0.15, -0.1) is 0 Å². The second-order valence-corrected chi connectivity index (χ2v) is 8.20. The first kappa shape index (κ1) is 19.5. The number of fused-ring (bicyclic) bond motifs is 1. The number of carbonyl (C=O) groups is 1. The van der Waals surface area contributed by atoms with Crippen molar-refractivity contribution in [2.24, 2.45) is 5.73 Å². The molecular weight excluding hydrogens is 386 g/mol. The number of aromatic nitrogens is 3. The zero-order valence-electron chi connectivity index (χ0n) is 17.3. The number of amides is 1. The SMILES string of the molecule is NC(=O)c1cc(C2CCN(Cc3cncn3Cc3ccccc3)C2)nc2ccccc12. The van der Waals surface area contributed by atoms with Crippen LogP contribution in [0.25, 0.3) is 10.9 Å². The van der Waals surface area contributed by atoms with Crippen LogP contribution in [-0.2, 0) is 13.1 Å². The maximum Gasteiger partial charge on any atom is 0.249 e. The highest BCUT2D eigenvalue weighted by Crippen LogP contribution is 2.30. The van der Waals surface area contributed by atoms with Crippen molar-refractivity contribution >= 4 is 16.8 Å². The number of hydrogen-bond donors (Lipinski definition) is 1. The molecule has 1 amide bonds. The summed E-state index contributed by atoms with van der Waals surface area (Å²) >= 11 is 0. The Morgan fingerprint density at radius 1 is 1.06 bits per heavy atom. The van der Waals surface area contributed by atoms with Gasteiger partial charge >= 0.3 is 0 Å². The summed E-state index contributed by atoms with van der Waals surface area (Å²) in [6.45, 7) is 3.56. The van der Waals surface area contributed by atoms with Crippen LogP contribution in [0.15, 0.2) is 73.2 Å². The standard InChI is InChI=1S/C25H25N5O/c26-25(31)22-12-24(28-23-9-5-4-8-21(22)23)19-10-11-29(15-19)16-20-13-27-17-30(20)14-18-6-2-1-3-7-18/h1-9,12-13,17,19H,10-11,14-16H2,(H2,26,31). The van der Waals surface area contributed by atoms with E-state index in [-0.39, 0.29) is 5.92 Å². The molecule has 1 aliphatic rings. The van der Waals surface area contributed by atoms with Crippen molar-refractivity contribution < 1.29 is 4.79 Å². The van der Waals surface area contributed by atoms with Crippen molar-refractivity contribution in [3.8, 4) is 0 Å². The normalized spacial score (nSPS) is 16.7. The molecule has 0 spiro atoms. The fourth-order valence-corrected chi connectivity index (χ4v) is 4.46. The summed E-state index contributed by atoms with van der Waals surface area (Å²) < 4.78 is 2.21. The summed E-state index contributed by atoms with van der Waals surface area (Å²) in [7, 11) is 0. The molecular formula is C25H25N5O. The summed E-state index contributed by atoms with van der Waals surface area (Å²) in [5, 5.41) is 0.818. The number of likely N-dealkylation sites (tertiary alicyclic amines) is 1. The highest BCUT2D eigenvalue weighted by Gasteiger charge is 2.27. The minimum atomic E-state index is -0.403. The van der Waals surface area contributed by atoms with Gasteiger partial charge in [-0.1, -0.05) is 48.5 Å². The Labute approximate surface area is 181 Å². The second-order valence-electron chi connectivity index (χ2n) is 8.20. The van der Waals surface area contributed by atoms with E-state index in [0.29, 0.717) is 5.56 Å². The van der Waals surface area contributed by atoms with Gasteiger partial charge < -0.3 is 10.3 Å². The molecule has 2 N–H and O–H groups in total. The molecule has 2 aromatic heterocycles. The molecule has 0 aliphatic carbocycles. The van der Waals surface area contributed by atoms with Crippen molar-refractivity contribution in [2.75, 3.05) is 13.1 Å². The van der Waals surface area contributed by atoms with Gasteiger partial charge in [-0.2, -0.15) is 0 Å². The monoisotopic (exact) mass is 411 g/mol. The van der Waals surface area contributed by atoms with E-state index in [1.165, 1.54) is 11.3 Å². The first-order valence-electron chi connectivity index (χ1n) is 10.6. The van der Waals surface area contributed by atoms with Crippen LogP contribution in [0.2, 0.25) is 0 Å². The molecule has 6 nitrogen and oxygen atoms in total. The van der Waals surface area contributed by atoms with Crippen LogP contribution in [0, 0.1) is 0 Å². The van der Waals surface area contributed by atoms with E-state index < -0.39 is 5.91 Å². The van der Waals surface area contributed by atoms with Gasteiger partial charge in [-0.05, 0) is 30.7 Å². The molecule has 1 aliphatic heterocycles. The van der Waals surface area contributed by atoms with Gasteiger partial charge in [0, 0.05) is 42.8 Å². The number of imidazole rings is 1. The number of pyridine rings is 1. The molecule has 2 aromatic carbocycles. The van der Waals surface area contributed by atoms with E-state index in [9.17, 15) is 4.79 Å². The molecule has 1 fully saturated rings. The van der Waals surface area contributed by atoms with Gasteiger partial charge in [0.2, 0.25) is 5.91 Å². The first-order chi connectivity index (χ1) is 15.2. The summed E-state index contributed by atoms with van der Waals surface area (Å²) in [6, 6.07) is 20.0. The Bertz CT molecular complexity index is 1220. The maximum atomic E-state index is 12.0. The van der Waals surface area contributed by atoms with Crippen LogP contribution in [-0.4, -0.2) is 38.4 Å². The molecule has 3 heterocycles. The lowest BCUT2D eigenvalue weighted by molar-refractivity contribution is 0.100. The number of primary amides is 1.